The number of rotatable bonds is 2. The van der Waals surface area contributed by atoms with Gasteiger partial charge in [-0.3, -0.25) is 0 Å². The van der Waals surface area contributed by atoms with E-state index >= 15 is 0 Å². The fraction of sp³-hybridized carbons (Fsp3) is 0.778. The van der Waals surface area contributed by atoms with Gasteiger partial charge in [0.1, 0.15) is 7.85 Å². The van der Waals surface area contributed by atoms with Crippen LogP contribution in [0.1, 0.15) is 13.3 Å². The smallest absolute Gasteiger partial charge is 0.105 e. The van der Waals surface area contributed by atoms with E-state index in [4.69, 9.17) is 0 Å². The SMILES string of the molecule is BC1CC(C=C)C(SC)C1C. The van der Waals surface area contributed by atoms with Gasteiger partial charge in [-0.2, -0.15) is 11.8 Å². The molecule has 11 heavy (non-hydrogen) atoms. The van der Waals surface area contributed by atoms with Crippen LogP contribution < -0.4 is 0 Å². The molecule has 1 rings (SSSR count). The molecule has 0 heterocycles. The molecule has 1 aliphatic carbocycles. The van der Waals surface area contributed by atoms with Gasteiger partial charge in [0, 0.05) is 5.25 Å². The first-order valence-corrected chi connectivity index (χ1v) is 5.64. The normalized spacial score (nSPS) is 44.2. The van der Waals surface area contributed by atoms with Gasteiger partial charge in [0.2, 0.25) is 0 Å². The van der Waals surface area contributed by atoms with E-state index in [1.54, 1.807) is 0 Å². The summed E-state index contributed by atoms with van der Waals surface area (Å²) in [5.74, 6) is 2.51. The van der Waals surface area contributed by atoms with Gasteiger partial charge in [-0.1, -0.05) is 18.8 Å². The third kappa shape index (κ3) is 1.66. The Hall–Kier alpha value is 0.155. The highest BCUT2D eigenvalue weighted by Gasteiger charge is 2.35. The van der Waals surface area contributed by atoms with Crippen LogP contribution in [0.15, 0.2) is 12.7 Å². The summed E-state index contributed by atoms with van der Waals surface area (Å²) in [5.41, 5.74) is 0. The Morgan fingerprint density at radius 1 is 1.64 bits per heavy atom. The first kappa shape index (κ1) is 9.24. The lowest BCUT2D eigenvalue weighted by Gasteiger charge is -2.18. The first-order valence-electron chi connectivity index (χ1n) is 4.36. The molecule has 0 saturated heterocycles. The lowest BCUT2D eigenvalue weighted by Crippen LogP contribution is -2.14. The standard InChI is InChI=1S/C9H17BS/c1-4-7-5-8(10)6(2)9(7)11-3/h4,6-9H,1,5,10H2,2-3H3. The molecule has 1 fully saturated rings. The zero-order chi connectivity index (χ0) is 8.43. The van der Waals surface area contributed by atoms with E-state index in [-0.39, 0.29) is 0 Å². The molecule has 1 aliphatic rings. The summed E-state index contributed by atoms with van der Waals surface area (Å²) in [6.45, 7) is 6.27. The van der Waals surface area contributed by atoms with Gasteiger partial charge in [-0.25, -0.2) is 0 Å². The summed E-state index contributed by atoms with van der Waals surface area (Å²) in [4.78, 5) is 0. The van der Waals surface area contributed by atoms with Crippen molar-refractivity contribution < 1.29 is 0 Å². The summed E-state index contributed by atoms with van der Waals surface area (Å²) >= 11 is 2.01. The molecule has 2 heteroatoms. The Kier molecular flexibility index (Phi) is 3.11. The van der Waals surface area contributed by atoms with Crippen molar-refractivity contribution in [2.75, 3.05) is 6.26 Å². The second-order valence-electron chi connectivity index (χ2n) is 3.67. The molecule has 0 spiro atoms. The number of hydrogen-bond donors (Lipinski definition) is 0. The average Bonchev–Trinajstić information content (AvgIpc) is 2.28. The van der Waals surface area contributed by atoms with Gasteiger partial charge < -0.3 is 0 Å². The Morgan fingerprint density at radius 3 is 2.64 bits per heavy atom. The fourth-order valence-corrected chi connectivity index (χ4v) is 3.38. The van der Waals surface area contributed by atoms with E-state index in [1.165, 1.54) is 6.42 Å². The Balaban J connectivity index is 2.64. The third-order valence-corrected chi connectivity index (χ3v) is 4.38. The summed E-state index contributed by atoms with van der Waals surface area (Å²) in [5, 5.41) is 0.822. The van der Waals surface area contributed by atoms with E-state index in [2.05, 4.69) is 33.7 Å². The maximum atomic E-state index is 3.90. The highest BCUT2D eigenvalue weighted by atomic mass is 32.2. The molecule has 0 radical (unpaired) electrons. The highest BCUT2D eigenvalue weighted by Crippen LogP contribution is 2.44. The van der Waals surface area contributed by atoms with Gasteiger partial charge in [-0.15, -0.1) is 6.58 Å². The molecule has 0 aromatic carbocycles. The lowest BCUT2D eigenvalue weighted by atomic mass is 9.80. The van der Waals surface area contributed by atoms with Crippen molar-refractivity contribution in [3.63, 3.8) is 0 Å². The van der Waals surface area contributed by atoms with Gasteiger partial charge in [0.15, 0.2) is 0 Å². The van der Waals surface area contributed by atoms with Crippen LogP contribution >= 0.6 is 11.8 Å². The summed E-state index contributed by atoms with van der Waals surface area (Å²) in [6, 6.07) is 0. The fourth-order valence-electron chi connectivity index (χ4n) is 2.11. The van der Waals surface area contributed by atoms with Crippen LogP contribution in [0.25, 0.3) is 0 Å². The van der Waals surface area contributed by atoms with Gasteiger partial charge in [0.05, 0.1) is 0 Å². The molecule has 1 saturated carbocycles. The molecular formula is C9H17BS. The topological polar surface area (TPSA) is 0 Å². The van der Waals surface area contributed by atoms with E-state index in [1.807, 2.05) is 11.8 Å². The molecule has 0 nitrogen and oxygen atoms in total. The molecule has 4 atom stereocenters. The van der Waals surface area contributed by atoms with E-state index in [9.17, 15) is 0 Å². The monoisotopic (exact) mass is 168 g/mol. The van der Waals surface area contributed by atoms with Crippen molar-refractivity contribution in [2.24, 2.45) is 11.8 Å². The molecule has 0 N–H and O–H groups in total. The zero-order valence-electron chi connectivity index (χ0n) is 7.71. The molecule has 0 aliphatic heterocycles. The van der Waals surface area contributed by atoms with Crippen LogP contribution in [0.3, 0.4) is 0 Å². The van der Waals surface area contributed by atoms with Crippen molar-refractivity contribution in [3.8, 4) is 0 Å². The van der Waals surface area contributed by atoms with Crippen molar-refractivity contribution in [1.82, 2.24) is 0 Å². The van der Waals surface area contributed by atoms with E-state index < -0.39 is 0 Å². The van der Waals surface area contributed by atoms with Crippen LogP contribution in [0.2, 0.25) is 5.82 Å². The molecule has 4 unspecified atom stereocenters. The lowest BCUT2D eigenvalue weighted by molar-refractivity contribution is 0.605. The van der Waals surface area contributed by atoms with E-state index in [0.717, 1.165) is 22.9 Å². The van der Waals surface area contributed by atoms with Gasteiger partial charge >= 0.3 is 0 Å². The third-order valence-electron chi connectivity index (χ3n) is 3.06. The predicted molar refractivity (Wildman–Crippen MR) is 57.1 cm³/mol. The van der Waals surface area contributed by atoms with Crippen molar-refractivity contribution in [1.29, 1.82) is 0 Å². The van der Waals surface area contributed by atoms with Crippen LogP contribution in [-0.2, 0) is 0 Å². The summed E-state index contributed by atoms with van der Waals surface area (Å²) in [6.07, 6.45) is 5.70. The summed E-state index contributed by atoms with van der Waals surface area (Å²) < 4.78 is 0. The second-order valence-corrected chi connectivity index (χ2v) is 4.69. The van der Waals surface area contributed by atoms with Crippen molar-refractivity contribution in [3.05, 3.63) is 12.7 Å². The maximum absolute atomic E-state index is 3.90. The molecule has 0 aromatic rings. The number of hydrogen-bond acceptors (Lipinski definition) is 1. The average molecular weight is 168 g/mol. The Labute approximate surface area is 75.2 Å². The maximum Gasteiger partial charge on any atom is 0.105 e. The molecule has 62 valence electrons. The predicted octanol–water partition coefficient (Wildman–Crippen LogP) is 1.98. The van der Waals surface area contributed by atoms with Crippen LogP contribution in [0.5, 0.6) is 0 Å². The van der Waals surface area contributed by atoms with Crippen molar-refractivity contribution in [2.45, 2.75) is 24.4 Å². The molecule has 0 aromatic heterocycles. The minimum Gasteiger partial charge on any atom is -0.161 e. The highest BCUT2D eigenvalue weighted by molar-refractivity contribution is 7.99. The van der Waals surface area contributed by atoms with Crippen molar-refractivity contribution >= 4 is 19.6 Å². The van der Waals surface area contributed by atoms with Gasteiger partial charge in [0.25, 0.3) is 0 Å². The molecular weight excluding hydrogens is 151 g/mol. The summed E-state index contributed by atoms with van der Waals surface area (Å²) in [7, 11) is 2.36. The Morgan fingerprint density at radius 2 is 2.27 bits per heavy atom. The number of thioether (sulfide) groups is 1. The van der Waals surface area contributed by atoms with Crippen LogP contribution in [0.4, 0.5) is 0 Å². The minimum atomic E-state index is 0.759. The van der Waals surface area contributed by atoms with Crippen LogP contribution in [0, 0.1) is 11.8 Å². The number of allylic oxidation sites excluding steroid dienone is 1. The second kappa shape index (κ2) is 3.71. The van der Waals surface area contributed by atoms with Crippen LogP contribution in [-0.4, -0.2) is 19.4 Å². The zero-order valence-corrected chi connectivity index (χ0v) is 8.53. The van der Waals surface area contributed by atoms with Gasteiger partial charge in [-0.05, 0) is 24.5 Å². The Bertz CT molecular complexity index is 146. The molecule has 0 amide bonds. The largest absolute Gasteiger partial charge is 0.161 e. The first-order chi connectivity index (χ1) is 5.20. The minimum absolute atomic E-state index is 0.759. The quantitative estimate of drug-likeness (QED) is 0.448. The van der Waals surface area contributed by atoms with E-state index in [0.29, 0.717) is 0 Å². The molecule has 0 bridgehead atoms.